The molecule has 0 amide bonds. The molecular formula is C18H24FN3O. The van der Waals surface area contributed by atoms with E-state index >= 15 is 0 Å². The highest BCUT2D eigenvalue weighted by atomic mass is 19.1. The average Bonchev–Trinajstić information content (AvgIpc) is 3.01. The van der Waals surface area contributed by atoms with Crippen molar-refractivity contribution in [3.05, 3.63) is 47.3 Å². The number of nitrogens with one attached hydrogen (secondary N) is 1. The quantitative estimate of drug-likeness (QED) is 0.917. The summed E-state index contributed by atoms with van der Waals surface area (Å²) < 4.78 is 18.9. The SMILES string of the molecule is COc1cc([C@@H]2c3nc[nH]c3CCN2CCC(C)C)ccc1F. The fourth-order valence-electron chi connectivity index (χ4n) is 3.20. The van der Waals surface area contributed by atoms with E-state index in [0.29, 0.717) is 5.92 Å². The van der Waals surface area contributed by atoms with Gasteiger partial charge in [0, 0.05) is 18.7 Å². The molecule has 0 saturated heterocycles. The van der Waals surface area contributed by atoms with Crippen molar-refractivity contribution in [3.8, 4) is 5.75 Å². The molecule has 0 radical (unpaired) electrons. The standard InChI is InChI=1S/C18H24FN3O/c1-12(2)6-8-22-9-7-15-17(21-11-20-15)18(22)13-4-5-14(19)16(10-13)23-3/h4-5,10-12,18H,6-9H2,1-3H3,(H,20,21)/t18-/m1/s1. The third kappa shape index (κ3) is 3.24. The van der Waals surface area contributed by atoms with E-state index in [-0.39, 0.29) is 17.6 Å². The number of aromatic amines is 1. The van der Waals surface area contributed by atoms with Crippen LogP contribution in [0.1, 0.15) is 43.3 Å². The smallest absolute Gasteiger partial charge is 0.165 e. The number of rotatable bonds is 5. The summed E-state index contributed by atoms with van der Waals surface area (Å²) >= 11 is 0. The van der Waals surface area contributed by atoms with Crippen LogP contribution in [-0.2, 0) is 6.42 Å². The average molecular weight is 317 g/mol. The molecular weight excluding hydrogens is 293 g/mol. The van der Waals surface area contributed by atoms with Gasteiger partial charge in [-0.1, -0.05) is 19.9 Å². The number of benzene rings is 1. The summed E-state index contributed by atoms with van der Waals surface area (Å²) in [7, 11) is 1.50. The van der Waals surface area contributed by atoms with Gasteiger partial charge in [-0.2, -0.15) is 0 Å². The number of hydrogen-bond acceptors (Lipinski definition) is 3. The summed E-state index contributed by atoms with van der Waals surface area (Å²) in [5, 5.41) is 0. The zero-order valence-electron chi connectivity index (χ0n) is 14.0. The molecule has 0 bridgehead atoms. The first-order chi connectivity index (χ1) is 11.1. The Labute approximate surface area is 136 Å². The molecule has 1 atom stereocenters. The molecule has 4 nitrogen and oxygen atoms in total. The summed E-state index contributed by atoms with van der Waals surface area (Å²) in [6.07, 6.45) is 3.86. The van der Waals surface area contributed by atoms with Crippen molar-refractivity contribution in [2.45, 2.75) is 32.7 Å². The molecule has 0 aliphatic carbocycles. The van der Waals surface area contributed by atoms with Crippen LogP contribution in [0.25, 0.3) is 0 Å². The monoisotopic (exact) mass is 317 g/mol. The third-order valence-corrected chi connectivity index (χ3v) is 4.51. The Balaban J connectivity index is 1.97. The van der Waals surface area contributed by atoms with E-state index in [1.807, 2.05) is 6.07 Å². The van der Waals surface area contributed by atoms with Crippen LogP contribution in [0.2, 0.25) is 0 Å². The number of nitrogens with zero attached hydrogens (tertiary/aromatic N) is 2. The minimum absolute atomic E-state index is 0.0539. The van der Waals surface area contributed by atoms with Crippen LogP contribution in [0.3, 0.4) is 0 Å². The van der Waals surface area contributed by atoms with Gasteiger partial charge in [-0.25, -0.2) is 9.37 Å². The second kappa shape index (κ2) is 6.71. The van der Waals surface area contributed by atoms with Crippen molar-refractivity contribution in [1.29, 1.82) is 0 Å². The highest BCUT2D eigenvalue weighted by molar-refractivity contribution is 5.38. The summed E-state index contributed by atoms with van der Waals surface area (Å²) in [4.78, 5) is 10.2. The van der Waals surface area contributed by atoms with E-state index in [1.165, 1.54) is 18.9 Å². The summed E-state index contributed by atoms with van der Waals surface area (Å²) in [5.41, 5.74) is 3.26. The lowest BCUT2D eigenvalue weighted by molar-refractivity contribution is 0.197. The van der Waals surface area contributed by atoms with Gasteiger partial charge < -0.3 is 9.72 Å². The number of aromatic nitrogens is 2. The maximum atomic E-state index is 13.8. The van der Waals surface area contributed by atoms with Gasteiger partial charge in [0.05, 0.1) is 25.2 Å². The van der Waals surface area contributed by atoms with Gasteiger partial charge in [0.2, 0.25) is 0 Å². The van der Waals surface area contributed by atoms with Crippen LogP contribution >= 0.6 is 0 Å². The van der Waals surface area contributed by atoms with Crippen molar-refractivity contribution in [1.82, 2.24) is 14.9 Å². The van der Waals surface area contributed by atoms with Crippen molar-refractivity contribution in [2.24, 2.45) is 5.92 Å². The van der Waals surface area contributed by atoms with E-state index in [0.717, 1.165) is 37.2 Å². The highest BCUT2D eigenvalue weighted by Crippen LogP contribution is 2.35. The molecule has 5 heteroatoms. The first-order valence-corrected chi connectivity index (χ1v) is 8.19. The van der Waals surface area contributed by atoms with Crippen molar-refractivity contribution >= 4 is 0 Å². The van der Waals surface area contributed by atoms with E-state index in [2.05, 4.69) is 28.7 Å². The fraction of sp³-hybridized carbons (Fsp3) is 0.500. The van der Waals surface area contributed by atoms with Gasteiger partial charge in [0.1, 0.15) is 0 Å². The molecule has 0 unspecified atom stereocenters. The Morgan fingerprint density at radius 3 is 3.00 bits per heavy atom. The number of hydrogen-bond donors (Lipinski definition) is 1. The first-order valence-electron chi connectivity index (χ1n) is 8.19. The Morgan fingerprint density at radius 1 is 1.43 bits per heavy atom. The Morgan fingerprint density at radius 2 is 2.26 bits per heavy atom. The normalized spacial score (nSPS) is 18.2. The predicted molar refractivity (Wildman–Crippen MR) is 88.1 cm³/mol. The van der Waals surface area contributed by atoms with Crippen LogP contribution in [0, 0.1) is 11.7 Å². The molecule has 2 aromatic rings. The zero-order valence-corrected chi connectivity index (χ0v) is 14.0. The summed E-state index contributed by atoms with van der Waals surface area (Å²) in [6, 6.07) is 5.18. The van der Waals surface area contributed by atoms with Crippen LogP contribution < -0.4 is 4.74 Å². The van der Waals surface area contributed by atoms with Gasteiger partial charge in [0.15, 0.2) is 11.6 Å². The molecule has 0 spiro atoms. The number of H-pyrrole nitrogens is 1. The van der Waals surface area contributed by atoms with Gasteiger partial charge in [-0.3, -0.25) is 4.90 Å². The predicted octanol–water partition coefficient (Wildman–Crippen LogP) is 3.55. The molecule has 1 aliphatic heterocycles. The van der Waals surface area contributed by atoms with E-state index in [9.17, 15) is 4.39 Å². The number of imidazole rings is 1. The van der Waals surface area contributed by atoms with Crippen LogP contribution in [0.4, 0.5) is 4.39 Å². The van der Waals surface area contributed by atoms with E-state index in [4.69, 9.17) is 4.74 Å². The lowest BCUT2D eigenvalue weighted by Crippen LogP contribution is -2.37. The molecule has 124 valence electrons. The van der Waals surface area contributed by atoms with Crippen molar-refractivity contribution < 1.29 is 9.13 Å². The second-order valence-corrected chi connectivity index (χ2v) is 6.53. The molecule has 2 heterocycles. The number of halogens is 1. The number of fused-ring (bicyclic) bond motifs is 1. The number of ether oxygens (including phenoxy) is 1. The molecule has 1 aromatic carbocycles. The Bertz CT molecular complexity index is 668. The molecule has 23 heavy (non-hydrogen) atoms. The summed E-state index contributed by atoms with van der Waals surface area (Å²) in [5.74, 6) is 0.607. The van der Waals surface area contributed by atoms with Gasteiger partial charge in [-0.05, 0) is 36.6 Å². The lowest BCUT2D eigenvalue weighted by Gasteiger charge is -2.35. The summed E-state index contributed by atoms with van der Waals surface area (Å²) in [6.45, 7) is 6.46. The number of methoxy groups -OCH3 is 1. The minimum atomic E-state index is -0.331. The Kier molecular flexibility index (Phi) is 4.66. The maximum Gasteiger partial charge on any atom is 0.165 e. The zero-order chi connectivity index (χ0) is 16.4. The molecule has 3 rings (SSSR count). The van der Waals surface area contributed by atoms with Gasteiger partial charge in [0.25, 0.3) is 0 Å². The molecule has 1 aromatic heterocycles. The topological polar surface area (TPSA) is 41.1 Å². The molecule has 0 fully saturated rings. The van der Waals surface area contributed by atoms with Crippen LogP contribution in [0.15, 0.2) is 24.5 Å². The molecule has 1 N–H and O–H groups in total. The van der Waals surface area contributed by atoms with Gasteiger partial charge >= 0.3 is 0 Å². The third-order valence-electron chi connectivity index (χ3n) is 4.51. The van der Waals surface area contributed by atoms with Gasteiger partial charge in [-0.15, -0.1) is 0 Å². The van der Waals surface area contributed by atoms with Crippen LogP contribution in [0.5, 0.6) is 5.75 Å². The van der Waals surface area contributed by atoms with E-state index in [1.54, 1.807) is 12.4 Å². The van der Waals surface area contributed by atoms with Crippen LogP contribution in [-0.4, -0.2) is 35.1 Å². The van der Waals surface area contributed by atoms with E-state index < -0.39 is 0 Å². The lowest BCUT2D eigenvalue weighted by atomic mass is 9.94. The second-order valence-electron chi connectivity index (χ2n) is 6.53. The highest BCUT2D eigenvalue weighted by Gasteiger charge is 2.31. The maximum absolute atomic E-state index is 13.8. The molecule has 1 aliphatic rings. The minimum Gasteiger partial charge on any atom is -0.494 e. The largest absolute Gasteiger partial charge is 0.494 e. The van der Waals surface area contributed by atoms with Crippen molar-refractivity contribution in [2.75, 3.05) is 20.2 Å². The first kappa shape index (κ1) is 16.0. The van der Waals surface area contributed by atoms with Crippen molar-refractivity contribution in [3.63, 3.8) is 0 Å². The molecule has 0 saturated carbocycles. The fourth-order valence-corrected chi connectivity index (χ4v) is 3.20. The Hall–Kier alpha value is -1.88.